The van der Waals surface area contributed by atoms with Crippen LogP contribution in [0.4, 0.5) is 0 Å². The number of carbonyl (C=O) groups is 2. The van der Waals surface area contributed by atoms with Crippen molar-refractivity contribution in [3.8, 4) is 11.5 Å². The van der Waals surface area contributed by atoms with Gasteiger partial charge in [0.25, 0.3) is 5.91 Å². The van der Waals surface area contributed by atoms with Gasteiger partial charge in [-0.25, -0.2) is 4.98 Å². The Kier molecular flexibility index (Phi) is 8.96. The van der Waals surface area contributed by atoms with E-state index in [2.05, 4.69) is 32.9 Å². The lowest BCUT2D eigenvalue weighted by atomic mass is 9.87. The van der Waals surface area contributed by atoms with Gasteiger partial charge in [0, 0.05) is 17.6 Å². The van der Waals surface area contributed by atoms with E-state index in [1.165, 1.54) is 42.6 Å². The number of carboxylic acids is 1. The first-order chi connectivity index (χ1) is 19.7. The summed E-state index contributed by atoms with van der Waals surface area (Å²) < 4.78 is 6.26. The van der Waals surface area contributed by atoms with E-state index in [0.29, 0.717) is 24.1 Å². The Hall–Kier alpha value is -3.41. The Bertz CT molecular complexity index is 1360. The molecule has 1 aromatic heterocycles. The van der Waals surface area contributed by atoms with Crippen LogP contribution in [0.25, 0.3) is 10.8 Å². The number of hydrogen-bond acceptors (Lipinski definition) is 4. The fourth-order valence-electron chi connectivity index (χ4n) is 6.50. The van der Waals surface area contributed by atoms with E-state index in [0.717, 1.165) is 60.1 Å². The Morgan fingerprint density at radius 1 is 0.878 bits per heavy atom. The van der Waals surface area contributed by atoms with Crippen molar-refractivity contribution in [3.05, 3.63) is 65.5 Å². The molecule has 0 aliphatic heterocycles. The van der Waals surface area contributed by atoms with E-state index in [1.54, 1.807) is 0 Å². The summed E-state index contributed by atoms with van der Waals surface area (Å²) in [5, 5.41) is 11.5. The third-order valence-corrected chi connectivity index (χ3v) is 8.83. The van der Waals surface area contributed by atoms with Crippen LogP contribution in [0.2, 0.25) is 0 Å². The van der Waals surface area contributed by atoms with Crippen molar-refractivity contribution in [2.24, 2.45) is 11.8 Å². The molecule has 0 spiro atoms. The predicted octanol–water partition coefficient (Wildman–Crippen LogP) is 8.16. The summed E-state index contributed by atoms with van der Waals surface area (Å²) in [5.41, 5.74) is 2.57. The fourth-order valence-corrected chi connectivity index (χ4v) is 6.50. The second kappa shape index (κ2) is 12.6. The molecule has 5 rings (SSSR count). The molecule has 2 fully saturated rings. The summed E-state index contributed by atoms with van der Waals surface area (Å²) in [4.78, 5) is 31.9. The number of carbonyl (C=O) groups excluding carboxylic acids is 1. The first kappa shape index (κ1) is 29.1. The number of pyridine rings is 1. The van der Waals surface area contributed by atoms with Gasteiger partial charge in [-0.2, -0.15) is 0 Å². The van der Waals surface area contributed by atoms with Gasteiger partial charge in [-0.3, -0.25) is 9.59 Å². The lowest BCUT2D eigenvalue weighted by molar-refractivity contribution is -0.137. The number of amides is 1. The van der Waals surface area contributed by atoms with Crippen LogP contribution in [-0.2, 0) is 16.6 Å². The highest BCUT2D eigenvalue weighted by atomic mass is 16.5. The van der Waals surface area contributed by atoms with E-state index in [9.17, 15) is 14.7 Å². The molecule has 0 unspecified atom stereocenters. The van der Waals surface area contributed by atoms with Crippen molar-refractivity contribution in [1.82, 2.24) is 9.88 Å². The van der Waals surface area contributed by atoms with Gasteiger partial charge in [0.05, 0.1) is 0 Å². The second-order valence-electron chi connectivity index (χ2n) is 13.2. The van der Waals surface area contributed by atoms with Gasteiger partial charge in [0.2, 0.25) is 0 Å². The average Bonchev–Trinajstić information content (AvgIpc) is 3.46. The smallest absolute Gasteiger partial charge is 0.323 e. The van der Waals surface area contributed by atoms with Crippen LogP contribution in [0, 0.1) is 11.8 Å². The zero-order valence-corrected chi connectivity index (χ0v) is 24.8. The van der Waals surface area contributed by atoms with Crippen LogP contribution in [0.1, 0.15) is 100 Å². The number of rotatable bonds is 9. The van der Waals surface area contributed by atoms with Gasteiger partial charge < -0.3 is 14.7 Å². The van der Waals surface area contributed by atoms with Gasteiger partial charge in [-0.05, 0) is 77.8 Å². The Labute approximate surface area is 244 Å². The molecule has 1 N–H and O–H groups in total. The van der Waals surface area contributed by atoms with Crippen LogP contribution in [0.3, 0.4) is 0 Å². The van der Waals surface area contributed by atoms with Crippen LogP contribution >= 0.6 is 0 Å². The fraction of sp³-hybridized carbons (Fsp3) is 0.514. The van der Waals surface area contributed by atoms with Gasteiger partial charge in [-0.1, -0.05) is 83.9 Å². The molecule has 2 saturated carbocycles. The van der Waals surface area contributed by atoms with Crippen molar-refractivity contribution in [3.63, 3.8) is 0 Å². The summed E-state index contributed by atoms with van der Waals surface area (Å²) in [6, 6.07) is 16.0. The van der Waals surface area contributed by atoms with E-state index < -0.39 is 5.97 Å². The highest BCUT2D eigenvalue weighted by molar-refractivity contribution is 5.98. The van der Waals surface area contributed by atoms with E-state index in [4.69, 9.17) is 9.72 Å². The second-order valence-corrected chi connectivity index (χ2v) is 13.2. The number of nitrogens with zero attached hydrogens (tertiary/aromatic N) is 2. The highest BCUT2D eigenvalue weighted by Crippen LogP contribution is 2.34. The maximum atomic E-state index is 13.8. The monoisotopic (exact) mass is 556 g/mol. The molecule has 0 radical (unpaired) electrons. The molecular formula is C35H44N2O4. The predicted molar refractivity (Wildman–Crippen MR) is 163 cm³/mol. The number of aromatic nitrogens is 1. The van der Waals surface area contributed by atoms with Crippen LogP contribution in [0.15, 0.2) is 48.5 Å². The van der Waals surface area contributed by atoms with Crippen molar-refractivity contribution < 1.29 is 19.4 Å². The average molecular weight is 557 g/mol. The zero-order chi connectivity index (χ0) is 29.0. The summed E-state index contributed by atoms with van der Waals surface area (Å²) >= 11 is 0. The molecule has 0 bridgehead atoms. The molecule has 2 aromatic carbocycles. The van der Waals surface area contributed by atoms with Crippen molar-refractivity contribution in [2.75, 3.05) is 13.1 Å². The number of aliphatic carboxylic acids is 1. The Balaban J connectivity index is 1.45. The molecule has 6 nitrogen and oxygen atoms in total. The maximum absolute atomic E-state index is 13.8. The van der Waals surface area contributed by atoms with E-state index in [-0.39, 0.29) is 17.9 Å². The van der Waals surface area contributed by atoms with E-state index >= 15 is 0 Å². The molecule has 41 heavy (non-hydrogen) atoms. The molecule has 1 heterocycles. The lowest BCUT2D eigenvalue weighted by Gasteiger charge is -2.29. The lowest BCUT2D eigenvalue weighted by Crippen LogP contribution is -2.40. The van der Waals surface area contributed by atoms with Crippen LogP contribution < -0.4 is 4.74 Å². The molecule has 0 atom stereocenters. The number of hydrogen-bond donors (Lipinski definition) is 1. The summed E-state index contributed by atoms with van der Waals surface area (Å²) in [6.07, 6.45) is 11.2. The molecule has 218 valence electrons. The molecular weight excluding hydrogens is 512 g/mol. The minimum atomic E-state index is -0.988. The standard InChI is InChI=1S/C35H44N2O4/c1-35(2,3)27-14-17-28(18-15-27)41-29-16-13-26-20-32(36-31(30(26)21-29)19-24-9-7-8-10-24)34(40)37(23-33(38)39)22-25-11-5-4-6-12-25/h13-18,20-21,24-25H,4-12,19,22-23H2,1-3H3,(H,38,39). The number of ether oxygens (including phenoxy) is 1. The van der Waals surface area contributed by atoms with Gasteiger partial charge in [0.15, 0.2) is 0 Å². The highest BCUT2D eigenvalue weighted by Gasteiger charge is 2.26. The Morgan fingerprint density at radius 2 is 1.51 bits per heavy atom. The quantitative estimate of drug-likeness (QED) is 0.288. The minimum Gasteiger partial charge on any atom is -0.480 e. The molecule has 6 heteroatoms. The zero-order valence-electron chi connectivity index (χ0n) is 24.8. The molecule has 2 aliphatic rings. The van der Waals surface area contributed by atoms with Crippen molar-refractivity contribution in [2.45, 2.75) is 90.4 Å². The van der Waals surface area contributed by atoms with Gasteiger partial charge in [0.1, 0.15) is 23.7 Å². The first-order valence-electron chi connectivity index (χ1n) is 15.4. The minimum absolute atomic E-state index is 0.0773. The maximum Gasteiger partial charge on any atom is 0.323 e. The Morgan fingerprint density at radius 3 is 2.17 bits per heavy atom. The molecule has 0 saturated heterocycles. The summed E-state index contributed by atoms with van der Waals surface area (Å²) in [5.74, 6) is 1.14. The van der Waals surface area contributed by atoms with Crippen molar-refractivity contribution >= 4 is 22.6 Å². The van der Waals surface area contributed by atoms with Gasteiger partial charge >= 0.3 is 5.97 Å². The number of benzene rings is 2. The largest absolute Gasteiger partial charge is 0.480 e. The van der Waals surface area contributed by atoms with Gasteiger partial charge in [-0.15, -0.1) is 0 Å². The SMILES string of the molecule is CC(C)(C)c1ccc(Oc2ccc3cc(C(=O)N(CC(=O)O)CC4CCCCC4)nc(CC4CCCC4)c3c2)cc1. The summed E-state index contributed by atoms with van der Waals surface area (Å²) in [6.45, 7) is 6.76. The van der Waals surface area contributed by atoms with Crippen LogP contribution in [-0.4, -0.2) is 40.0 Å². The number of carboxylic acid groups (broad SMARTS) is 1. The topological polar surface area (TPSA) is 79.7 Å². The third kappa shape index (κ3) is 7.46. The molecule has 2 aliphatic carbocycles. The molecule has 1 amide bonds. The normalized spacial score (nSPS) is 16.7. The molecule has 3 aromatic rings. The van der Waals surface area contributed by atoms with Crippen molar-refractivity contribution in [1.29, 1.82) is 0 Å². The van der Waals surface area contributed by atoms with Crippen LogP contribution in [0.5, 0.6) is 11.5 Å². The van der Waals surface area contributed by atoms with E-state index in [1.807, 2.05) is 36.4 Å². The summed E-state index contributed by atoms with van der Waals surface area (Å²) in [7, 11) is 0. The number of fused-ring (bicyclic) bond motifs is 1. The first-order valence-corrected chi connectivity index (χ1v) is 15.4. The third-order valence-electron chi connectivity index (χ3n) is 8.83.